The van der Waals surface area contributed by atoms with Gasteiger partial charge in [-0.25, -0.2) is 4.39 Å². The molecule has 0 spiro atoms. The van der Waals surface area contributed by atoms with Gasteiger partial charge in [0.2, 0.25) is 11.8 Å². The zero-order valence-corrected chi connectivity index (χ0v) is 18.2. The number of thioether (sulfide) groups is 1. The third-order valence-corrected chi connectivity index (χ3v) is 5.81. The Kier molecular flexibility index (Phi) is 6.85. The minimum Gasteiger partial charge on any atom is -0.493 e. The fraction of sp³-hybridized carbons (Fsp3) is 0.0800. The third-order valence-electron chi connectivity index (χ3n) is 4.87. The minimum absolute atomic E-state index is 0.00986. The average molecular weight is 462 g/mol. The van der Waals surface area contributed by atoms with Crippen LogP contribution in [0.25, 0.3) is 5.69 Å². The molecule has 0 aliphatic carbocycles. The van der Waals surface area contributed by atoms with Crippen LogP contribution in [0.15, 0.2) is 101 Å². The maximum atomic E-state index is 14.3. The van der Waals surface area contributed by atoms with Crippen molar-refractivity contribution in [1.29, 1.82) is 0 Å². The number of rotatable bonds is 7. The standard InChI is InChI=1S/C25H20FN3O3S/c26-19-13-7-8-14-20(19)29-23(32)15-21(30)28-25(29)33-16-22(31)27-24(17-9-3-1-4-10-17)18-11-5-2-6-12-18/h1-15,24,30H,16H2,(H,27,31). The lowest BCUT2D eigenvalue weighted by molar-refractivity contribution is -0.119. The van der Waals surface area contributed by atoms with Crippen molar-refractivity contribution in [3.8, 4) is 11.6 Å². The number of nitrogens with zero attached hydrogens (tertiary/aromatic N) is 2. The number of aromatic hydroxyl groups is 1. The first-order chi connectivity index (χ1) is 16.0. The summed E-state index contributed by atoms with van der Waals surface area (Å²) < 4.78 is 15.4. The van der Waals surface area contributed by atoms with Gasteiger partial charge in [0.05, 0.1) is 23.5 Å². The van der Waals surface area contributed by atoms with Crippen LogP contribution in [0.2, 0.25) is 0 Å². The van der Waals surface area contributed by atoms with Crippen molar-refractivity contribution in [2.24, 2.45) is 0 Å². The molecule has 8 heteroatoms. The highest BCUT2D eigenvalue weighted by Crippen LogP contribution is 2.24. The van der Waals surface area contributed by atoms with Gasteiger partial charge in [0.1, 0.15) is 5.82 Å². The van der Waals surface area contributed by atoms with Crippen LogP contribution in [0.4, 0.5) is 4.39 Å². The van der Waals surface area contributed by atoms with Gasteiger partial charge in [-0.3, -0.25) is 14.2 Å². The van der Waals surface area contributed by atoms with Crippen molar-refractivity contribution in [3.63, 3.8) is 0 Å². The maximum Gasteiger partial charge on any atom is 0.262 e. The quantitative estimate of drug-likeness (QED) is 0.320. The van der Waals surface area contributed by atoms with Crippen molar-refractivity contribution in [2.75, 3.05) is 5.75 Å². The van der Waals surface area contributed by atoms with E-state index < -0.39 is 17.3 Å². The van der Waals surface area contributed by atoms with Crippen LogP contribution >= 0.6 is 11.8 Å². The van der Waals surface area contributed by atoms with E-state index in [1.54, 1.807) is 6.07 Å². The lowest BCUT2D eigenvalue weighted by Crippen LogP contribution is -2.31. The van der Waals surface area contributed by atoms with Crippen molar-refractivity contribution < 1.29 is 14.3 Å². The number of aromatic nitrogens is 2. The zero-order valence-electron chi connectivity index (χ0n) is 17.4. The molecule has 0 radical (unpaired) electrons. The normalized spacial score (nSPS) is 10.8. The fourth-order valence-electron chi connectivity index (χ4n) is 3.38. The van der Waals surface area contributed by atoms with Crippen LogP contribution in [0, 0.1) is 5.82 Å². The van der Waals surface area contributed by atoms with Crippen molar-refractivity contribution in [2.45, 2.75) is 11.2 Å². The van der Waals surface area contributed by atoms with Gasteiger partial charge in [0.15, 0.2) is 5.16 Å². The van der Waals surface area contributed by atoms with E-state index in [4.69, 9.17) is 0 Å². The van der Waals surface area contributed by atoms with E-state index in [1.165, 1.54) is 18.2 Å². The van der Waals surface area contributed by atoms with Gasteiger partial charge >= 0.3 is 0 Å². The molecule has 1 heterocycles. The maximum absolute atomic E-state index is 14.3. The molecule has 1 aromatic heterocycles. The largest absolute Gasteiger partial charge is 0.493 e. The number of hydrogen-bond donors (Lipinski definition) is 2. The SMILES string of the molecule is O=C(CSc1nc(O)cc(=O)n1-c1ccccc1F)NC(c1ccccc1)c1ccccc1. The van der Waals surface area contributed by atoms with E-state index in [1.807, 2.05) is 60.7 Å². The Morgan fingerprint density at radius 3 is 2.15 bits per heavy atom. The number of halogens is 1. The molecule has 0 saturated heterocycles. The van der Waals surface area contributed by atoms with E-state index in [9.17, 15) is 19.1 Å². The molecule has 0 unspecified atom stereocenters. The molecule has 0 fully saturated rings. The van der Waals surface area contributed by atoms with E-state index in [-0.39, 0.29) is 28.5 Å². The first-order valence-electron chi connectivity index (χ1n) is 10.1. The molecular weight excluding hydrogens is 441 g/mol. The van der Waals surface area contributed by atoms with Crippen molar-refractivity contribution in [1.82, 2.24) is 14.9 Å². The second kappa shape index (κ2) is 10.1. The third kappa shape index (κ3) is 5.30. The molecule has 166 valence electrons. The summed E-state index contributed by atoms with van der Waals surface area (Å²) in [5, 5.41) is 12.8. The predicted octanol–water partition coefficient (Wildman–Crippen LogP) is 4.08. The summed E-state index contributed by atoms with van der Waals surface area (Å²) in [6, 6.07) is 25.4. The van der Waals surface area contributed by atoms with Gasteiger partial charge in [-0.05, 0) is 23.3 Å². The number of carbonyl (C=O) groups is 1. The first kappa shape index (κ1) is 22.3. The highest BCUT2D eigenvalue weighted by Gasteiger charge is 2.19. The van der Waals surface area contributed by atoms with Crippen molar-refractivity contribution >= 4 is 17.7 Å². The topological polar surface area (TPSA) is 84.2 Å². The molecule has 0 saturated carbocycles. The Morgan fingerprint density at radius 2 is 1.55 bits per heavy atom. The van der Waals surface area contributed by atoms with E-state index in [2.05, 4.69) is 10.3 Å². The van der Waals surface area contributed by atoms with Gasteiger partial charge in [0, 0.05) is 0 Å². The molecule has 1 amide bonds. The summed E-state index contributed by atoms with van der Waals surface area (Å²) in [4.78, 5) is 29.3. The lowest BCUT2D eigenvalue weighted by Gasteiger charge is -2.20. The molecule has 33 heavy (non-hydrogen) atoms. The van der Waals surface area contributed by atoms with Crippen LogP contribution in [-0.2, 0) is 4.79 Å². The Morgan fingerprint density at radius 1 is 0.970 bits per heavy atom. The molecule has 0 atom stereocenters. The predicted molar refractivity (Wildman–Crippen MR) is 125 cm³/mol. The van der Waals surface area contributed by atoms with Gasteiger partial charge in [-0.2, -0.15) is 4.98 Å². The van der Waals surface area contributed by atoms with Crippen molar-refractivity contribution in [3.05, 3.63) is 118 Å². The van der Waals surface area contributed by atoms with Gasteiger partial charge in [0.25, 0.3) is 5.56 Å². The smallest absolute Gasteiger partial charge is 0.262 e. The summed E-state index contributed by atoms with van der Waals surface area (Å²) in [7, 11) is 0. The average Bonchev–Trinajstić information content (AvgIpc) is 2.83. The van der Waals surface area contributed by atoms with Crippen LogP contribution in [0.5, 0.6) is 5.88 Å². The Balaban J connectivity index is 1.58. The fourth-order valence-corrected chi connectivity index (χ4v) is 4.20. The van der Waals surface area contributed by atoms with Crippen LogP contribution in [0.1, 0.15) is 17.2 Å². The Hall–Kier alpha value is -3.91. The molecular formula is C25H20FN3O3S. The molecule has 6 nitrogen and oxygen atoms in total. The monoisotopic (exact) mass is 461 g/mol. The van der Waals surface area contributed by atoms with Crippen LogP contribution in [0.3, 0.4) is 0 Å². The van der Waals surface area contributed by atoms with Crippen LogP contribution in [-0.4, -0.2) is 26.3 Å². The summed E-state index contributed by atoms with van der Waals surface area (Å²) in [5.74, 6) is -1.52. The summed E-state index contributed by atoms with van der Waals surface area (Å²) in [6.45, 7) is 0. The highest BCUT2D eigenvalue weighted by molar-refractivity contribution is 7.99. The molecule has 0 bridgehead atoms. The number of nitrogens with one attached hydrogen (secondary N) is 1. The number of para-hydroxylation sites is 1. The lowest BCUT2D eigenvalue weighted by atomic mass is 9.99. The number of benzene rings is 3. The van der Waals surface area contributed by atoms with Gasteiger partial charge < -0.3 is 10.4 Å². The summed E-state index contributed by atoms with van der Waals surface area (Å²) in [5.41, 5.74) is 1.17. The molecule has 4 aromatic rings. The molecule has 3 aromatic carbocycles. The number of hydrogen-bond acceptors (Lipinski definition) is 5. The van der Waals surface area contributed by atoms with E-state index in [0.29, 0.717) is 0 Å². The van der Waals surface area contributed by atoms with Gasteiger partial charge in [-0.1, -0.05) is 84.6 Å². The van der Waals surface area contributed by atoms with E-state index in [0.717, 1.165) is 33.5 Å². The molecule has 2 N–H and O–H groups in total. The van der Waals surface area contributed by atoms with E-state index >= 15 is 0 Å². The zero-order chi connectivity index (χ0) is 23.2. The van der Waals surface area contributed by atoms with Crippen LogP contribution < -0.4 is 10.9 Å². The number of carbonyl (C=O) groups excluding carboxylic acids is 1. The highest BCUT2D eigenvalue weighted by atomic mass is 32.2. The van der Waals surface area contributed by atoms with Gasteiger partial charge in [-0.15, -0.1) is 0 Å². The first-order valence-corrected chi connectivity index (χ1v) is 11.1. The molecule has 0 aliphatic heterocycles. The molecule has 4 rings (SSSR count). The second-order valence-corrected chi connectivity index (χ2v) is 8.08. The molecule has 0 aliphatic rings. The second-order valence-electron chi connectivity index (χ2n) is 7.13. The number of amides is 1. The summed E-state index contributed by atoms with van der Waals surface area (Å²) >= 11 is 0.933. The minimum atomic E-state index is -0.651. The Labute approximate surface area is 193 Å². The Bertz CT molecular complexity index is 1270. The summed E-state index contributed by atoms with van der Waals surface area (Å²) in [6.07, 6.45) is 0.